The van der Waals surface area contributed by atoms with Gasteiger partial charge in [0.25, 0.3) is 0 Å². The third-order valence-corrected chi connectivity index (χ3v) is 4.67. The average molecular weight is 326 g/mol. The van der Waals surface area contributed by atoms with E-state index in [2.05, 4.69) is 41.2 Å². The number of nitrogens with one attached hydrogen (secondary N) is 1. The zero-order valence-corrected chi connectivity index (χ0v) is 13.7. The van der Waals surface area contributed by atoms with Gasteiger partial charge in [-0.05, 0) is 42.9 Å². The number of hydrogen-bond acceptors (Lipinski definition) is 2. The first kappa shape index (κ1) is 14.7. The minimum absolute atomic E-state index is 0.573. The van der Waals surface area contributed by atoms with E-state index in [1.165, 1.54) is 25.7 Å². The molecule has 2 unspecified atom stereocenters. The Morgan fingerprint density at radius 3 is 2.79 bits per heavy atom. The Hall–Kier alpha value is -0.700. The van der Waals surface area contributed by atoms with Gasteiger partial charge in [-0.2, -0.15) is 0 Å². The maximum atomic E-state index is 5.43. The number of hydrogen-bond donors (Lipinski definition) is 1. The van der Waals surface area contributed by atoms with E-state index in [9.17, 15) is 0 Å². The van der Waals surface area contributed by atoms with E-state index in [1.54, 1.807) is 7.11 Å². The van der Waals surface area contributed by atoms with Gasteiger partial charge >= 0.3 is 0 Å². The molecule has 106 valence electrons. The second-order valence-electron chi connectivity index (χ2n) is 5.86. The molecule has 0 spiro atoms. The summed E-state index contributed by atoms with van der Waals surface area (Å²) < 4.78 is 6.52. The molecule has 0 heterocycles. The highest BCUT2D eigenvalue weighted by molar-refractivity contribution is 9.10. The minimum atomic E-state index is 0.573. The second kappa shape index (κ2) is 6.65. The first-order chi connectivity index (χ1) is 9.10. The Morgan fingerprint density at radius 2 is 2.11 bits per heavy atom. The van der Waals surface area contributed by atoms with Gasteiger partial charge in [0.15, 0.2) is 0 Å². The molecule has 1 aliphatic rings. The van der Waals surface area contributed by atoms with E-state index in [0.717, 1.165) is 27.7 Å². The Bertz CT molecular complexity index is 419. The summed E-state index contributed by atoms with van der Waals surface area (Å²) in [7, 11) is 1.73. The summed E-state index contributed by atoms with van der Waals surface area (Å²) in [5.41, 5.74) is 1.10. The molecule has 1 N–H and O–H groups in total. The van der Waals surface area contributed by atoms with Crippen molar-refractivity contribution in [1.82, 2.24) is 0 Å². The predicted molar refractivity (Wildman–Crippen MR) is 84.9 cm³/mol. The monoisotopic (exact) mass is 325 g/mol. The van der Waals surface area contributed by atoms with Crippen LogP contribution in [0.1, 0.15) is 39.5 Å². The molecule has 19 heavy (non-hydrogen) atoms. The highest BCUT2D eigenvalue weighted by Gasteiger charge is 2.24. The van der Waals surface area contributed by atoms with Crippen LogP contribution in [-0.4, -0.2) is 13.2 Å². The first-order valence-corrected chi connectivity index (χ1v) is 7.99. The molecule has 0 aliphatic heterocycles. The number of benzene rings is 1. The third kappa shape index (κ3) is 3.88. The summed E-state index contributed by atoms with van der Waals surface area (Å²) in [4.78, 5) is 0. The Labute approximate surface area is 125 Å². The lowest BCUT2D eigenvalue weighted by atomic mass is 9.79. The smallest absolute Gasteiger partial charge is 0.142 e. The maximum absolute atomic E-state index is 5.43. The topological polar surface area (TPSA) is 21.3 Å². The van der Waals surface area contributed by atoms with Crippen molar-refractivity contribution in [3.05, 3.63) is 22.7 Å². The van der Waals surface area contributed by atoms with Crippen molar-refractivity contribution in [2.75, 3.05) is 12.4 Å². The lowest BCUT2D eigenvalue weighted by molar-refractivity contribution is 0.264. The fourth-order valence-corrected chi connectivity index (χ4v) is 3.34. The highest BCUT2D eigenvalue weighted by atomic mass is 79.9. The van der Waals surface area contributed by atoms with Gasteiger partial charge in [0.2, 0.25) is 0 Å². The molecular formula is C16H24BrNO. The van der Waals surface area contributed by atoms with Crippen LogP contribution in [0.25, 0.3) is 0 Å². The van der Waals surface area contributed by atoms with Crippen LogP contribution < -0.4 is 10.1 Å². The predicted octanol–water partition coefficient (Wildman–Crippen LogP) is 5.08. The summed E-state index contributed by atoms with van der Waals surface area (Å²) in [5.74, 6) is 2.56. The molecule has 0 amide bonds. The van der Waals surface area contributed by atoms with E-state index in [1.807, 2.05) is 12.1 Å². The third-order valence-electron chi connectivity index (χ3n) is 4.18. The zero-order valence-electron chi connectivity index (χ0n) is 12.1. The first-order valence-electron chi connectivity index (χ1n) is 7.20. The van der Waals surface area contributed by atoms with Crippen LogP contribution >= 0.6 is 15.9 Å². The van der Waals surface area contributed by atoms with E-state index in [4.69, 9.17) is 4.74 Å². The van der Waals surface area contributed by atoms with Crippen molar-refractivity contribution >= 4 is 21.6 Å². The van der Waals surface area contributed by atoms with Crippen molar-refractivity contribution in [1.29, 1.82) is 0 Å². The van der Waals surface area contributed by atoms with Gasteiger partial charge in [0.1, 0.15) is 5.75 Å². The molecule has 0 saturated heterocycles. The van der Waals surface area contributed by atoms with Gasteiger partial charge in [-0.3, -0.25) is 0 Å². The minimum Gasteiger partial charge on any atom is -0.495 e. The fourth-order valence-electron chi connectivity index (χ4n) is 2.98. The van der Waals surface area contributed by atoms with Crippen molar-refractivity contribution in [2.45, 2.75) is 45.6 Å². The molecule has 2 atom stereocenters. The maximum Gasteiger partial charge on any atom is 0.142 e. The molecule has 3 heteroatoms. The molecule has 0 radical (unpaired) electrons. The molecule has 1 aliphatic carbocycles. The molecule has 2 nitrogen and oxygen atoms in total. The Morgan fingerprint density at radius 1 is 1.32 bits per heavy atom. The van der Waals surface area contributed by atoms with Gasteiger partial charge in [0.05, 0.1) is 12.8 Å². The van der Waals surface area contributed by atoms with Gasteiger partial charge in [-0.15, -0.1) is 0 Å². The molecule has 1 fully saturated rings. The number of methoxy groups -OCH3 is 1. The summed E-state index contributed by atoms with van der Waals surface area (Å²) in [6.07, 6.45) is 5.24. The molecule has 0 aromatic heterocycles. The molecule has 1 aromatic carbocycles. The van der Waals surface area contributed by atoms with E-state index >= 15 is 0 Å². The van der Waals surface area contributed by atoms with Crippen LogP contribution in [0.4, 0.5) is 5.69 Å². The van der Waals surface area contributed by atoms with E-state index in [-0.39, 0.29) is 0 Å². The number of anilines is 1. The Balaban J connectivity index is 2.06. The van der Waals surface area contributed by atoms with Crippen molar-refractivity contribution < 1.29 is 4.74 Å². The summed E-state index contributed by atoms with van der Waals surface area (Å²) in [6, 6.07) is 6.71. The summed E-state index contributed by atoms with van der Waals surface area (Å²) in [6.45, 7) is 4.68. The van der Waals surface area contributed by atoms with Crippen LogP contribution in [0.5, 0.6) is 5.75 Å². The Kier molecular flexibility index (Phi) is 5.14. The van der Waals surface area contributed by atoms with Crippen LogP contribution in [0.3, 0.4) is 0 Å². The lowest BCUT2D eigenvalue weighted by Gasteiger charge is -2.33. The lowest BCUT2D eigenvalue weighted by Crippen LogP contribution is -2.29. The summed E-state index contributed by atoms with van der Waals surface area (Å²) in [5, 5.41) is 3.67. The highest BCUT2D eigenvalue weighted by Crippen LogP contribution is 2.34. The normalized spacial score (nSPS) is 23.4. The van der Waals surface area contributed by atoms with E-state index < -0.39 is 0 Å². The van der Waals surface area contributed by atoms with E-state index in [0.29, 0.717) is 6.04 Å². The van der Waals surface area contributed by atoms with Crippen LogP contribution in [-0.2, 0) is 0 Å². The SMILES string of the molecule is COc1ccc(Br)cc1NC1CCCC(C(C)C)C1. The van der Waals surface area contributed by atoms with Gasteiger partial charge in [0, 0.05) is 10.5 Å². The molecule has 1 saturated carbocycles. The largest absolute Gasteiger partial charge is 0.495 e. The summed E-state index contributed by atoms with van der Waals surface area (Å²) >= 11 is 3.53. The fraction of sp³-hybridized carbons (Fsp3) is 0.625. The number of ether oxygens (including phenoxy) is 1. The van der Waals surface area contributed by atoms with Crippen molar-refractivity contribution in [2.24, 2.45) is 11.8 Å². The second-order valence-corrected chi connectivity index (χ2v) is 6.77. The van der Waals surface area contributed by atoms with Gasteiger partial charge in [-0.1, -0.05) is 42.6 Å². The number of rotatable bonds is 4. The molecule has 2 rings (SSSR count). The zero-order chi connectivity index (χ0) is 13.8. The van der Waals surface area contributed by atoms with Crippen LogP contribution in [0.15, 0.2) is 22.7 Å². The van der Waals surface area contributed by atoms with Gasteiger partial charge < -0.3 is 10.1 Å². The van der Waals surface area contributed by atoms with Crippen molar-refractivity contribution in [3.63, 3.8) is 0 Å². The quantitative estimate of drug-likeness (QED) is 0.833. The standard InChI is InChI=1S/C16H24BrNO/c1-11(2)12-5-4-6-14(9-12)18-15-10-13(17)7-8-16(15)19-3/h7-8,10-12,14,18H,4-6,9H2,1-3H3. The van der Waals surface area contributed by atoms with Crippen LogP contribution in [0, 0.1) is 11.8 Å². The molecular weight excluding hydrogens is 302 g/mol. The van der Waals surface area contributed by atoms with Crippen LogP contribution in [0.2, 0.25) is 0 Å². The average Bonchev–Trinajstić information content (AvgIpc) is 2.39. The van der Waals surface area contributed by atoms with Gasteiger partial charge in [-0.25, -0.2) is 0 Å². The number of halogens is 1. The van der Waals surface area contributed by atoms with Crippen molar-refractivity contribution in [3.8, 4) is 5.75 Å². The molecule has 1 aromatic rings. The molecule has 0 bridgehead atoms.